The number of amides is 1. The lowest BCUT2D eigenvalue weighted by Gasteiger charge is -2.07. The Hall–Kier alpha value is -3.55. The lowest BCUT2D eigenvalue weighted by atomic mass is 10.3. The van der Waals surface area contributed by atoms with Gasteiger partial charge in [-0.1, -0.05) is 18.2 Å². The van der Waals surface area contributed by atoms with E-state index in [1.54, 1.807) is 24.3 Å². The summed E-state index contributed by atoms with van der Waals surface area (Å²) in [5.74, 6) is -3.38. The van der Waals surface area contributed by atoms with E-state index in [2.05, 4.69) is 4.98 Å². The first-order valence-electron chi connectivity index (χ1n) is 7.47. The highest BCUT2D eigenvalue weighted by Gasteiger charge is 2.13. The molecule has 3 rings (SSSR count). The van der Waals surface area contributed by atoms with E-state index in [1.807, 2.05) is 5.32 Å². The van der Waals surface area contributed by atoms with Gasteiger partial charge in [-0.3, -0.25) is 4.79 Å². The molecule has 132 valence electrons. The number of hydrogen-bond donors (Lipinski definition) is 1. The van der Waals surface area contributed by atoms with Gasteiger partial charge in [0.25, 0.3) is 5.91 Å². The van der Waals surface area contributed by atoms with Gasteiger partial charge in [-0.15, -0.1) is 0 Å². The predicted octanol–water partition coefficient (Wildman–Crippen LogP) is 3.30. The molecule has 0 saturated carbocycles. The maximum absolute atomic E-state index is 13.4. The number of aromatic nitrogens is 1. The van der Waals surface area contributed by atoms with Gasteiger partial charge in [-0.25, -0.2) is 18.6 Å². The second-order valence-electron chi connectivity index (χ2n) is 5.11. The van der Waals surface area contributed by atoms with Crippen LogP contribution in [0.5, 0.6) is 0 Å². The van der Waals surface area contributed by atoms with Crippen LogP contribution in [0.1, 0.15) is 5.89 Å². The molecule has 2 aromatic carbocycles. The first-order chi connectivity index (χ1) is 12.5. The van der Waals surface area contributed by atoms with Crippen LogP contribution < -0.4 is 5.32 Å². The van der Waals surface area contributed by atoms with E-state index in [0.29, 0.717) is 11.1 Å². The minimum absolute atomic E-state index is 0.195. The first kappa shape index (κ1) is 17.3. The highest BCUT2D eigenvalue weighted by molar-refractivity contribution is 5.94. The van der Waals surface area contributed by atoms with Gasteiger partial charge in [0.15, 0.2) is 12.2 Å². The Morgan fingerprint density at radius 3 is 2.58 bits per heavy atom. The van der Waals surface area contributed by atoms with Crippen molar-refractivity contribution in [3.63, 3.8) is 0 Å². The zero-order valence-electron chi connectivity index (χ0n) is 13.2. The van der Waals surface area contributed by atoms with E-state index in [-0.39, 0.29) is 5.89 Å². The van der Waals surface area contributed by atoms with Crippen molar-refractivity contribution in [2.24, 2.45) is 0 Å². The minimum Gasteiger partial charge on any atom is -0.452 e. The number of fused-ring (bicyclic) bond motifs is 1. The summed E-state index contributed by atoms with van der Waals surface area (Å²) in [7, 11) is 0. The number of oxazole rings is 1. The topological polar surface area (TPSA) is 81.4 Å². The molecule has 0 radical (unpaired) electrons. The molecule has 1 heterocycles. The van der Waals surface area contributed by atoms with Crippen LogP contribution in [0.4, 0.5) is 14.5 Å². The van der Waals surface area contributed by atoms with Crippen LogP contribution in [0.15, 0.2) is 53.0 Å². The third kappa shape index (κ3) is 4.10. The Kier molecular flexibility index (Phi) is 5.02. The lowest BCUT2D eigenvalue weighted by Crippen LogP contribution is -2.21. The van der Waals surface area contributed by atoms with Gasteiger partial charge in [-0.2, -0.15) is 0 Å². The van der Waals surface area contributed by atoms with Crippen molar-refractivity contribution < 1.29 is 27.5 Å². The highest BCUT2D eigenvalue weighted by Crippen LogP contribution is 2.18. The zero-order chi connectivity index (χ0) is 18.5. The Balaban J connectivity index is 1.54. The summed E-state index contributed by atoms with van der Waals surface area (Å²) in [6.07, 6.45) is 2.32. The number of carbonyl (C=O) groups excluding carboxylic acids is 2. The number of rotatable bonds is 5. The largest absolute Gasteiger partial charge is 0.452 e. The Bertz CT molecular complexity index is 945. The third-order valence-electron chi connectivity index (χ3n) is 3.25. The van der Waals surface area contributed by atoms with Gasteiger partial charge in [0, 0.05) is 12.2 Å². The molecule has 0 bridgehead atoms. The molecule has 0 fully saturated rings. The van der Waals surface area contributed by atoms with Crippen molar-refractivity contribution in [1.82, 2.24) is 4.98 Å². The molecule has 3 aromatic rings. The number of nitrogens with zero attached hydrogens (tertiary/aromatic N) is 1. The third-order valence-corrected chi connectivity index (χ3v) is 3.25. The van der Waals surface area contributed by atoms with Gasteiger partial charge < -0.3 is 14.5 Å². The molecule has 0 atom stereocenters. The summed E-state index contributed by atoms with van der Waals surface area (Å²) in [6.45, 7) is -0.704. The van der Waals surface area contributed by atoms with E-state index in [4.69, 9.17) is 9.15 Å². The normalized spacial score (nSPS) is 11.0. The summed E-state index contributed by atoms with van der Waals surface area (Å²) < 4.78 is 36.9. The number of benzene rings is 2. The summed E-state index contributed by atoms with van der Waals surface area (Å²) in [5.41, 5.74) is 0.592. The molecule has 0 saturated heterocycles. The van der Waals surface area contributed by atoms with Crippen LogP contribution in [0, 0.1) is 11.6 Å². The van der Waals surface area contributed by atoms with Gasteiger partial charge >= 0.3 is 5.97 Å². The predicted molar refractivity (Wildman–Crippen MR) is 89.0 cm³/mol. The molecule has 1 aromatic heterocycles. The molecule has 8 heteroatoms. The second-order valence-corrected chi connectivity index (χ2v) is 5.11. The van der Waals surface area contributed by atoms with Crippen LogP contribution in [0.2, 0.25) is 0 Å². The second kappa shape index (κ2) is 7.56. The average molecular weight is 358 g/mol. The van der Waals surface area contributed by atoms with Crippen LogP contribution >= 0.6 is 0 Å². The average Bonchev–Trinajstić information content (AvgIpc) is 3.04. The standard InChI is InChI=1S/C18H12F2N2O4/c19-11-4-3-5-12(20)18(11)22-15(23)10-25-17(24)9-8-16-21-13-6-1-2-7-14(13)26-16/h1-9H,10H2,(H,22,23)/b9-8+. The van der Waals surface area contributed by atoms with Gasteiger partial charge in [0.2, 0.25) is 5.89 Å². The molecule has 0 unspecified atom stereocenters. The van der Waals surface area contributed by atoms with Gasteiger partial charge in [0.05, 0.1) is 0 Å². The van der Waals surface area contributed by atoms with Crippen LogP contribution in [0.25, 0.3) is 17.2 Å². The summed E-state index contributed by atoms with van der Waals surface area (Å²) in [4.78, 5) is 27.4. The maximum Gasteiger partial charge on any atom is 0.331 e. The quantitative estimate of drug-likeness (QED) is 0.559. The SMILES string of the molecule is O=C(COC(=O)/C=C/c1nc2ccccc2o1)Nc1c(F)cccc1F. The maximum atomic E-state index is 13.4. The van der Waals surface area contributed by atoms with Crippen molar-refractivity contribution in [3.8, 4) is 0 Å². The van der Waals surface area contributed by atoms with Gasteiger partial charge in [-0.05, 0) is 24.3 Å². The number of anilines is 1. The smallest absolute Gasteiger partial charge is 0.331 e. The Labute approximate surface area is 146 Å². The number of ether oxygens (including phenoxy) is 1. The Morgan fingerprint density at radius 2 is 1.85 bits per heavy atom. The Morgan fingerprint density at radius 1 is 1.12 bits per heavy atom. The van der Waals surface area contributed by atoms with Crippen LogP contribution in [0.3, 0.4) is 0 Å². The summed E-state index contributed by atoms with van der Waals surface area (Å²) in [6, 6.07) is 10.2. The van der Waals surface area contributed by atoms with Gasteiger partial charge in [0.1, 0.15) is 22.8 Å². The first-order valence-corrected chi connectivity index (χ1v) is 7.47. The molecular weight excluding hydrogens is 346 g/mol. The van der Waals surface area contributed by atoms with E-state index < -0.39 is 35.8 Å². The molecule has 26 heavy (non-hydrogen) atoms. The molecule has 0 aliphatic heterocycles. The molecule has 6 nitrogen and oxygen atoms in total. The monoisotopic (exact) mass is 358 g/mol. The van der Waals surface area contributed by atoms with Crippen LogP contribution in [-0.2, 0) is 14.3 Å². The fourth-order valence-electron chi connectivity index (χ4n) is 2.08. The van der Waals surface area contributed by atoms with E-state index in [1.165, 1.54) is 6.08 Å². The zero-order valence-corrected chi connectivity index (χ0v) is 13.2. The molecule has 1 N–H and O–H groups in total. The van der Waals surface area contributed by atoms with Crippen molar-refractivity contribution in [3.05, 3.63) is 66.1 Å². The molecule has 0 aliphatic carbocycles. The molecule has 0 spiro atoms. The van der Waals surface area contributed by atoms with Crippen molar-refractivity contribution in [1.29, 1.82) is 0 Å². The number of esters is 1. The van der Waals surface area contributed by atoms with Crippen molar-refractivity contribution >= 4 is 34.7 Å². The van der Waals surface area contributed by atoms with Crippen LogP contribution in [-0.4, -0.2) is 23.5 Å². The number of para-hydroxylation sites is 3. The minimum atomic E-state index is -0.930. The fourth-order valence-corrected chi connectivity index (χ4v) is 2.08. The molecule has 1 amide bonds. The summed E-state index contributed by atoms with van der Waals surface area (Å²) in [5, 5.41) is 2.00. The van der Waals surface area contributed by atoms with Crippen molar-refractivity contribution in [2.45, 2.75) is 0 Å². The summed E-state index contributed by atoms with van der Waals surface area (Å²) >= 11 is 0. The lowest BCUT2D eigenvalue weighted by molar-refractivity contribution is -0.142. The number of halogens is 2. The molecular formula is C18H12F2N2O4. The van der Waals surface area contributed by atoms with Crippen molar-refractivity contribution in [2.75, 3.05) is 11.9 Å². The number of carbonyl (C=O) groups is 2. The number of hydrogen-bond acceptors (Lipinski definition) is 5. The van der Waals surface area contributed by atoms with E-state index in [0.717, 1.165) is 24.3 Å². The highest BCUT2D eigenvalue weighted by atomic mass is 19.1. The van der Waals surface area contributed by atoms with E-state index >= 15 is 0 Å². The van der Waals surface area contributed by atoms with E-state index in [9.17, 15) is 18.4 Å². The number of nitrogens with one attached hydrogen (secondary N) is 1. The molecule has 0 aliphatic rings. The fraction of sp³-hybridized carbons (Fsp3) is 0.0556.